The molecule has 0 spiro atoms. The van der Waals surface area contributed by atoms with E-state index < -0.39 is 5.78 Å². The second-order valence-corrected chi connectivity index (χ2v) is 5.04. The average Bonchev–Trinajstić information content (AvgIpc) is 2.51. The van der Waals surface area contributed by atoms with Crippen molar-refractivity contribution in [1.29, 1.82) is 0 Å². The molecule has 0 radical (unpaired) electrons. The molecule has 0 saturated heterocycles. The van der Waals surface area contributed by atoms with E-state index in [1.807, 2.05) is 0 Å². The molecular weight excluding hydrogens is 286 g/mol. The minimum Gasteiger partial charge on any atom is -0.504 e. The molecule has 4 heteroatoms. The predicted molar refractivity (Wildman–Crippen MR) is 79.9 cm³/mol. The summed E-state index contributed by atoms with van der Waals surface area (Å²) in [5.74, 6) is -1.46. The fourth-order valence-electron chi connectivity index (χ4n) is 2.45. The molecule has 22 heavy (non-hydrogen) atoms. The maximum absolute atomic E-state index is 13.1. The number of rotatable bonds is 2. The van der Waals surface area contributed by atoms with Crippen LogP contribution in [0, 0.1) is 11.6 Å². The van der Waals surface area contributed by atoms with E-state index in [1.54, 1.807) is 24.3 Å². The van der Waals surface area contributed by atoms with Crippen molar-refractivity contribution in [2.75, 3.05) is 0 Å². The highest BCUT2D eigenvalue weighted by Gasteiger charge is 2.22. The summed E-state index contributed by atoms with van der Waals surface area (Å²) in [5, 5.41) is 9.72. The van der Waals surface area contributed by atoms with Crippen LogP contribution in [-0.2, 0) is 4.79 Å². The topological polar surface area (TPSA) is 37.3 Å². The first-order valence-corrected chi connectivity index (χ1v) is 6.73. The number of halogens is 2. The lowest BCUT2D eigenvalue weighted by Crippen LogP contribution is -2.10. The van der Waals surface area contributed by atoms with Gasteiger partial charge in [0.15, 0.2) is 5.76 Å². The van der Waals surface area contributed by atoms with Crippen molar-refractivity contribution < 1.29 is 18.7 Å². The summed E-state index contributed by atoms with van der Waals surface area (Å²) in [6.07, 6.45) is 1.39. The summed E-state index contributed by atoms with van der Waals surface area (Å²) in [5.41, 5.74) is 2.68. The number of carbonyl (C=O) groups excluding carboxylic acids is 1. The molecule has 0 fully saturated rings. The van der Waals surface area contributed by atoms with E-state index in [0.717, 1.165) is 0 Å². The highest BCUT2D eigenvalue weighted by atomic mass is 19.1. The highest BCUT2D eigenvalue weighted by Crippen LogP contribution is 2.35. The number of aliphatic hydroxyl groups excluding tert-OH is 1. The molecule has 0 saturated carbocycles. The van der Waals surface area contributed by atoms with Gasteiger partial charge in [-0.2, -0.15) is 0 Å². The number of Topliss-reactive ketones (excluding diaryl/α,β-unsaturated/α-hetero) is 1. The molecule has 0 unspecified atom stereocenters. The minimum absolute atomic E-state index is 0.0146. The van der Waals surface area contributed by atoms with E-state index in [0.29, 0.717) is 22.3 Å². The highest BCUT2D eigenvalue weighted by molar-refractivity contribution is 6.12. The van der Waals surface area contributed by atoms with E-state index in [4.69, 9.17) is 0 Å². The molecule has 0 aromatic heterocycles. The molecule has 0 atom stereocenters. The first-order chi connectivity index (χ1) is 10.5. The van der Waals surface area contributed by atoms with Crippen molar-refractivity contribution in [3.05, 3.63) is 83.1 Å². The Kier molecular flexibility index (Phi) is 3.59. The van der Waals surface area contributed by atoms with Crippen LogP contribution in [-0.4, -0.2) is 10.9 Å². The Bertz CT molecular complexity index is 785. The minimum atomic E-state index is -0.398. The van der Waals surface area contributed by atoms with Crippen molar-refractivity contribution in [2.24, 2.45) is 0 Å². The summed E-state index contributed by atoms with van der Waals surface area (Å²) in [7, 11) is 0. The summed E-state index contributed by atoms with van der Waals surface area (Å²) in [6, 6.07) is 11.6. The quantitative estimate of drug-likeness (QED) is 0.898. The molecular formula is C18H12F2O2. The van der Waals surface area contributed by atoms with Gasteiger partial charge in [-0.05, 0) is 52.6 Å². The molecule has 1 N–H and O–H groups in total. The number of benzene rings is 2. The van der Waals surface area contributed by atoms with Crippen molar-refractivity contribution in [3.63, 3.8) is 0 Å². The van der Waals surface area contributed by atoms with Crippen LogP contribution >= 0.6 is 0 Å². The Labute approximate surface area is 126 Å². The lowest BCUT2D eigenvalue weighted by Gasteiger charge is -2.18. The largest absolute Gasteiger partial charge is 0.504 e. The van der Waals surface area contributed by atoms with Crippen LogP contribution < -0.4 is 0 Å². The van der Waals surface area contributed by atoms with E-state index in [-0.39, 0.29) is 23.8 Å². The van der Waals surface area contributed by atoms with Gasteiger partial charge in [0.25, 0.3) is 0 Å². The zero-order valence-corrected chi connectivity index (χ0v) is 11.5. The third-order valence-corrected chi connectivity index (χ3v) is 3.58. The normalized spacial score (nSPS) is 15.0. The second kappa shape index (κ2) is 5.56. The van der Waals surface area contributed by atoms with Crippen LogP contribution in [0.1, 0.15) is 17.5 Å². The molecule has 2 aromatic carbocycles. The molecule has 3 rings (SSSR count). The van der Waals surface area contributed by atoms with Gasteiger partial charge in [0.2, 0.25) is 5.78 Å². The molecule has 1 aliphatic carbocycles. The third kappa shape index (κ3) is 2.68. The Morgan fingerprint density at radius 1 is 0.818 bits per heavy atom. The van der Waals surface area contributed by atoms with Crippen molar-refractivity contribution >= 4 is 16.9 Å². The van der Waals surface area contributed by atoms with Crippen molar-refractivity contribution in [1.82, 2.24) is 0 Å². The average molecular weight is 298 g/mol. The van der Waals surface area contributed by atoms with Gasteiger partial charge in [-0.25, -0.2) is 8.78 Å². The maximum Gasteiger partial charge on any atom is 0.201 e. The van der Waals surface area contributed by atoms with E-state index in [2.05, 4.69) is 0 Å². The van der Waals surface area contributed by atoms with Crippen LogP contribution in [0.3, 0.4) is 0 Å². The van der Waals surface area contributed by atoms with Crippen molar-refractivity contribution in [3.8, 4) is 0 Å². The molecule has 0 heterocycles. The molecule has 0 bridgehead atoms. The van der Waals surface area contributed by atoms with Crippen LogP contribution in [0.15, 0.2) is 60.4 Å². The molecule has 0 amide bonds. The number of hydrogen-bond acceptors (Lipinski definition) is 2. The molecule has 1 aliphatic rings. The van der Waals surface area contributed by atoms with Gasteiger partial charge in [0.05, 0.1) is 0 Å². The fourth-order valence-corrected chi connectivity index (χ4v) is 2.45. The van der Waals surface area contributed by atoms with Gasteiger partial charge < -0.3 is 5.11 Å². The summed E-state index contributed by atoms with van der Waals surface area (Å²) < 4.78 is 26.2. The summed E-state index contributed by atoms with van der Waals surface area (Å²) >= 11 is 0. The van der Waals surface area contributed by atoms with Gasteiger partial charge in [-0.1, -0.05) is 24.3 Å². The van der Waals surface area contributed by atoms with Crippen LogP contribution in [0.5, 0.6) is 0 Å². The molecule has 0 aliphatic heterocycles. The number of carbonyl (C=O) groups is 1. The van der Waals surface area contributed by atoms with Crippen LogP contribution in [0.25, 0.3) is 11.1 Å². The summed E-state index contributed by atoms with van der Waals surface area (Å²) in [4.78, 5) is 11.8. The zero-order chi connectivity index (χ0) is 15.7. The lowest BCUT2D eigenvalue weighted by atomic mass is 9.87. The molecule has 2 aromatic rings. The Balaban J connectivity index is 2.18. The number of hydrogen-bond donors (Lipinski definition) is 1. The first kappa shape index (κ1) is 14.2. The number of aliphatic hydroxyl groups is 1. The third-order valence-electron chi connectivity index (χ3n) is 3.58. The van der Waals surface area contributed by atoms with Crippen LogP contribution in [0.2, 0.25) is 0 Å². The fraction of sp³-hybridized carbons (Fsp3) is 0.0556. The predicted octanol–water partition coefficient (Wildman–Crippen LogP) is 4.29. The molecule has 110 valence electrons. The van der Waals surface area contributed by atoms with Gasteiger partial charge >= 0.3 is 0 Å². The zero-order valence-electron chi connectivity index (χ0n) is 11.5. The van der Waals surface area contributed by atoms with Crippen molar-refractivity contribution in [2.45, 2.75) is 6.42 Å². The smallest absolute Gasteiger partial charge is 0.201 e. The van der Waals surface area contributed by atoms with E-state index in [9.17, 15) is 18.7 Å². The number of allylic oxidation sites excluding steroid dienone is 4. The lowest BCUT2D eigenvalue weighted by molar-refractivity contribution is -0.117. The van der Waals surface area contributed by atoms with Gasteiger partial charge in [0.1, 0.15) is 11.6 Å². The standard InChI is InChI=1S/C18H12F2O2/c19-13-5-1-11(2-6-13)15-9-17(21)18(22)10-16(15)12-3-7-14(20)8-4-12/h1-9,21H,10H2. The maximum atomic E-state index is 13.1. The van der Waals surface area contributed by atoms with E-state index >= 15 is 0 Å². The Hall–Kier alpha value is -2.75. The van der Waals surface area contributed by atoms with Gasteiger partial charge in [0, 0.05) is 6.42 Å². The number of ketones is 1. The Morgan fingerprint density at radius 2 is 1.32 bits per heavy atom. The van der Waals surface area contributed by atoms with E-state index in [1.165, 1.54) is 30.3 Å². The summed E-state index contributed by atoms with van der Waals surface area (Å²) in [6.45, 7) is 0. The van der Waals surface area contributed by atoms with Gasteiger partial charge in [-0.15, -0.1) is 0 Å². The Morgan fingerprint density at radius 3 is 1.86 bits per heavy atom. The second-order valence-electron chi connectivity index (χ2n) is 5.04. The monoisotopic (exact) mass is 298 g/mol. The molecule has 2 nitrogen and oxygen atoms in total. The SMILES string of the molecule is O=C1CC(c2ccc(F)cc2)=C(c2ccc(F)cc2)C=C1O. The van der Waals surface area contributed by atoms with Gasteiger partial charge in [-0.3, -0.25) is 4.79 Å². The van der Waals surface area contributed by atoms with Crippen LogP contribution in [0.4, 0.5) is 8.78 Å². The first-order valence-electron chi connectivity index (χ1n) is 6.73.